The largest absolute Gasteiger partial charge is 0.396 e. The lowest BCUT2D eigenvalue weighted by Gasteiger charge is -2.31. The number of carbonyl (C=O) groups excluding carboxylic acids is 1. The molecule has 0 aromatic rings. The normalized spacial score (nSPS) is 36.2. The number of hydrogen-bond donors (Lipinski definition) is 3. The van der Waals surface area contributed by atoms with Crippen LogP contribution < -0.4 is 10.6 Å². The highest BCUT2D eigenvalue weighted by atomic mass is 16.5. The molecule has 5 heteroatoms. The van der Waals surface area contributed by atoms with Crippen molar-refractivity contribution in [3.8, 4) is 0 Å². The van der Waals surface area contributed by atoms with Gasteiger partial charge in [-0.3, -0.25) is 0 Å². The molecule has 1 aliphatic carbocycles. The molecule has 0 aromatic heterocycles. The number of nitrogens with one attached hydrogen (secondary N) is 2. The highest BCUT2D eigenvalue weighted by molar-refractivity contribution is 5.74. The van der Waals surface area contributed by atoms with Gasteiger partial charge >= 0.3 is 6.03 Å². The molecule has 4 atom stereocenters. The quantitative estimate of drug-likeness (QED) is 0.723. The standard InChI is InChI=1S/C14H26N2O3/c1-10(11-5-4-8-19-11)15-13(18)16-12-6-3-7-14(12,2)9-17/h10-12,17H,3-9H2,1-2H3,(H2,15,16,18). The number of amides is 2. The van der Waals surface area contributed by atoms with Crippen molar-refractivity contribution in [2.24, 2.45) is 5.41 Å². The zero-order valence-corrected chi connectivity index (χ0v) is 11.9. The first kappa shape index (κ1) is 14.6. The molecule has 110 valence electrons. The summed E-state index contributed by atoms with van der Waals surface area (Å²) in [6.45, 7) is 4.94. The van der Waals surface area contributed by atoms with Crippen LogP contribution in [0.25, 0.3) is 0 Å². The van der Waals surface area contributed by atoms with E-state index in [0.717, 1.165) is 38.7 Å². The van der Waals surface area contributed by atoms with Gasteiger partial charge < -0.3 is 20.5 Å². The summed E-state index contributed by atoms with van der Waals surface area (Å²) in [5.41, 5.74) is -0.176. The van der Waals surface area contributed by atoms with Gasteiger partial charge in [0.25, 0.3) is 0 Å². The Hall–Kier alpha value is -0.810. The molecule has 2 amide bonds. The lowest BCUT2D eigenvalue weighted by atomic mass is 9.86. The topological polar surface area (TPSA) is 70.6 Å². The molecule has 2 aliphatic rings. The van der Waals surface area contributed by atoms with E-state index in [0.29, 0.717) is 0 Å². The van der Waals surface area contributed by atoms with Gasteiger partial charge in [-0.05, 0) is 32.6 Å². The number of hydrogen-bond acceptors (Lipinski definition) is 3. The van der Waals surface area contributed by atoms with E-state index in [1.165, 1.54) is 0 Å². The summed E-state index contributed by atoms with van der Waals surface area (Å²) in [4.78, 5) is 12.0. The molecule has 1 saturated carbocycles. The van der Waals surface area contributed by atoms with E-state index >= 15 is 0 Å². The number of aliphatic hydroxyl groups excluding tert-OH is 1. The number of rotatable bonds is 4. The number of aliphatic hydroxyl groups is 1. The van der Waals surface area contributed by atoms with Crippen molar-refractivity contribution in [1.29, 1.82) is 0 Å². The van der Waals surface area contributed by atoms with Crippen molar-refractivity contribution in [2.45, 2.75) is 64.1 Å². The van der Waals surface area contributed by atoms with E-state index < -0.39 is 0 Å². The van der Waals surface area contributed by atoms with E-state index in [2.05, 4.69) is 10.6 Å². The first-order valence-electron chi connectivity index (χ1n) is 7.35. The van der Waals surface area contributed by atoms with Crippen molar-refractivity contribution in [3.63, 3.8) is 0 Å². The van der Waals surface area contributed by atoms with Crippen molar-refractivity contribution in [3.05, 3.63) is 0 Å². The van der Waals surface area contributed by atoms with Crippen LogP contribution in [0.2, 0.25) is 0 Å². The van der Waals surface area contributed by atoms with Crippen molar-refractivity contribution >= 4 is 6.03 Å². The lowest BCUT2D eigenvalue weighted by Crippen LogP contribution is -2.52. The first-order chi connectivity index (χ1) is 9.05. The Morgan fingerprint density at radius 3 is 2.89 bits per heavy atom. The van der Waals surface area contributed by atoms with E-state index in [1.54, 1.807) is 0 Å². The van der Waals surface area contributed by atoms with E-state index in [1.807, 2.05) is 13.8 Å². The zero-order valence-electron chi connectivity index (χ0n) is 11.9. The predicted octanol–water partition coefficient (Wildman–Crippen LogP) is 1.40. The zero-order chi connectivity index (χ0) is 13.9. The van der Waals surface area contributed by atoms with Crippen LogP contribution in [0.4, 0.5) is 4.79 Å². The maximum Gasteiger partial charge on any atom is 0.315 e. The SMILES string of the molecule is CC(NC(=O)NC1CCCC1(C)CO)C1CCCO1. The molecule has 0 aromatic carbocycles. The highest BCUT2D eigenvalue weighted by Crippen LogP contribution is 2.37. The van der Waals surface area contributed by atoms with Crippen LogP contribution in [0.1, 0.15) is 46.0 Å². The second-order valence-corrected chi connectivity index (χ2v) is 6.21. The molecule has 2 fully saturated rings. The van der Waals surface area contributed by atoms with Gasteiger partial charge in [-0.15, -0.1) is 0 Å². The van der Waals surface area contributed by atoms with Gasteiger partial charge in [0, 0.05) is 18.1 Å². The molecular weight excluding hydrogens is 244 g/mol. The molecule has 2 rings (SSSR count). The predicted molar refractivity (Wildman–Crippen MR) is 72.9 cm³/mol. The molecule has 3 N–H and O–H groups in total. The van der Waals surface area contributed by atoms with Crippen LogP contribution in [0.3, 0.4) is 0 Å². The van der Waals surface area contributed by atoms with Gasteiger partial charge in [0.15, 0.2) is 0 Å². The molecule has 1 aliphatic heterocycles. The van der Waals surface area contributed by atoms with Gasteiger partial charge in [0.1, 0.15) is 0 Å². The second kappa shape index (κ2) is 6.09. The Kier molecular flexibility index (Phi) is 4.68. The van der Waals surface area contributed by atoms with E-state index in [4.69, 9.17) is 4.74 Å². The first-order valence-corrected chi connectivity index (χ1v) is 7.35. The minimum atomic E-state index is -0.176. The number of ether oxygens (including phenoxy) is 1. The third-order valence-electron chi connectivity index (χ3n) is 4.63. The van der Waals surface area contributed by atoms with Gasteiger partial charge in [0.05, 0.1) is 18.8 Å². The maximum atomic E-state index is 12.0. The third kappa shape index (κ3) is 3.39. The minimum absolute atomic E-state index is 0.0317. The van der Waals surface area contributed by atoms with E-state index in [9.17, 15) is 9.90 Å². The smallest absolute Gasteiger partial charge is 0.315 e. The summed E-state index contributed by atoms with van der Waals surface area (Å²) in [5, 5.41) is 15.4. The van der Waals surface area contributed by atoms with Crippen LogP contribution in [0.5, 0.6) is 0 Å². The molecule has 0 bridgehead atoms. The van der Waals surface area contributed by atoms with Crippen LogP contribution in [-0.4, -0.2) is 42.5 Å². The Morgan fingerprint density at radius 2 is 2.26 bits per heavy atom. The molecule has 4 unspecified atom stereocenters. The van der Waals surface area contributed by atoms with Gasteiger partial charge in [-0.2, -0.15) is 0 Å². The fourth-order valence-corrected chi connectivity index (χ4v) is 3.16. The van der Waals surface area contributed by atoms with Crippen LogP contribution in [0, 0.1) is 5.41 Å². The molecule has 19 heavy (non-hydrogen) atoms. The van der Waals surface area contributed by atoms with Crippen LogP contribution >= 0.6 is 0 Å². The Balaban J connectivity index is 1.80. The molecule has 1 saturated heterocycles. The molecule has 1 heterocycles. The molecule has 5 nitrogen and oxygen atoms in total. The average Bonchev–Trinajstić information content (AvgIpc) is 3.00. The summed E-state index contributed by atoms with van der Waals surface area (Å²) in [7, 11) is 0. The molecule has 0 radical (unpaired) electrons. The Morgan fingerprint density at radius 1 is 1.47 bits per heavy atom. The molecule has 0 spiro atoms. The van der Waals surface area contributed by atoms with Crippen molar-refractivity contribution < 1.29 is 14.6 Å². The number of urea groups is 1. The highest BCUT2D eigenvalue weighted by Gasteiger charge is 2.39. The van der Waals surface area contributed by atoms with Gasteiger partial charge in [0.2, 0.25) is 0 Å². The number of carbonyl (C=O) groups is 1. The van der Waals surface area contributed by atoms with Gasteiger partial charge in [-0.25, -0.2) is 4.79 Å². The van der Waals surface area contributed by atoms with Gasteiger partial charge in [-0.1, -0.05) is 13.3 Å². The second-order valence-electron chi connectivity index (χ2n) is 6.21. The monoisotopic (exact) mass is 270 g/mol. The summed E-state index contributed by atoms with van der Waals surface area (Å²) < 4.78 is 5.57. The average molecular weight is 270 g/mol. The summed E-state index contributed by atoms with van der Waals surface area (Å²) in [6, 6.07) is -0.0481. The van der Waals surface area contributed by atoms with Crippen molar-refractivity contribution in [2.75, 3.05) is 13.2 Å². The molecular formula is C14H26N2O3. The third-order valence-corrected chi connectivity index (χ3v) is 4.63. The Labute approximate surface area is 115 Å². The summed E-state index contributed by atoms with van der Waals surface area (Å²) in [6.07, 6.45) is 5.19. The fraction of sp³-hybridized carbons (Fsp3) is 0.929. The van der Waals surface area contributed by atoms with Crippen LogP contribution in [0.15, 0.2) is 0 Å². The van der Waals surface area contributed by atoms with Crippen molar-refractivity contribution in [1.82, 2.24) is 10.6 Å². The maximum absolute atomic E-state index is 12.0. The lowest BCUT2D eigenvalue weighted by molar-refractivity contribution is 0.0844. The van der Waals surface area contributed by atoms with E-state index in [-0.39, 0.29) is 36.2 Å². The fourth-order valence-electron chi connectivity index (χ4n) is 3.16. The van der Waals surface area contributed by atoms with Crippen LogP contribution in [-0.2, 0) is 4.74 Å². The summed E-state index contributed by atoms with van der Waals surface area (Å²) >= 11 is 0. The Bertz CT molecular complexity index is 318. The summed E-state index contributed by atoms with van der Waals surface area (Å²) in [5.74, 6) is 0. The minimum Gasteiger partial charge on any atom is -0.396 e.